The normalized spacial score (nSPS) is 18.4. The maximum atomic E-state index is 9.32. The fourth-order valence-corrected chi connectivity index (χ4v) is 4.39. The number of ether oxygens (including phenoxy) is 2. The molecule has 2 atom stereocenters. The number of hydrogen-bond donors (Lipinski definition) is 2. The van der Waals surface area contributed by atoms with E-state index in [0.29, 0.717) is 29.6 Å². The third-order valence-electron chi connectivity index (χ3n) is 5.78. The van der Waals surface area contributed by atoms with Gasteiger partial charge in [0.25, 0.3) is 0 Å². The van der Waals surface area contributed by atoms with Crippen LogP contribution in [0.1, 0.15) is 12.0 Å². The molecule has 7 heteroatoms. The van der Waals surface area contributed by atoms with Crippen LogP contribution in [0.15, 0.2) is 65.7 Å². The first kappa shape index (κ1) is 21.6. The number of hydrogen-bond acceptors (Lipinski definition) is 5. The molecular weight excluding hydrogens is 438 g/mol. The number of halogens is 1. The lowest BCUT2D eigenvalue weighted by Crippen LogP contribution is -2.18. The number of H-pyrrole nitrogens is 1. The Hall–Kier alpha value is -3.19. The van der Waals surface area contributed by atoms with Crippen molar-refractivity contribution in [2.24, 2.45) is 4.99 Å². The second kappa shape index (κ2) is 9.35. The van der Waals surface area contributed by atoms with Crippen LogP contribution >= 0.6 is 11.6 Å². The van der Waals surface area contributed by atoms with Crippen molar-refractivity contribution in [1.82, 2.24) is 9.97 Å². The summed E-state index contributed by atoms with van der Waals surface area (Å²) in [5.41, 5.74) is 6.19. The molecule has 6 nitrogen and oxygen atoms in total. The van der Waals surface area contributed by atoms with E-state index in [2.05, 4.69) is 34.2 Å². The number of aliphatic imine (C=N–C) groups is 1. The Balaban J connectivity index is 1.50. The Morgan fingerprint density at radius 1 is 1.15 bits per heavy atom. The summed E-state index contributed by atoms with van der Waals surface area (Å²) in [6.07, 6.45) is 2.01. The van der Waals surface area contributed by atoms with Crippen molar-refractivity contribution in [2.75, 3.05) is 20.3 Å². The van der Waals surface area contributed by atoms with E-state index < -0.39 is 0 Å². The maximum Gasteiger partial charge on any atom is 0.202 e. The van der Waals surface area contributed by atoms with Crippen LogP contribution in [-0.2, 0) is 4.74 Å². The van der Waals surface area contributed by atoms with Crippen LogP contribution in [0.25, 0.3) is 33.4 Å². The molecular formula is C26H24ClN3O3. The first-order valence-corrected chi connectivity index (χ1v) is 11.2. The molecule has 0 aliphatic carbocycles. The van der Waals surface area contributed by atoms with E-state index in [1.54, 1.807) is 13.3 Å². The van der Waals surface area contributed by atoms with Crippen LogP contribution in [-0.4, -0.2) is 53.8 Å². The van der Waals surface area contributed by atoms with E-state index in [4.69, 9.17) is 26.1 Å². The SMILES string of the molecule is CN=Cc1c(O[C@@H]2CO[C@H](CO)C2)[nH]c2cc(Cl)c(-c3ccc(-c4ccccc4)cc3)nc12. The van der Waals surface area contributed by atoms with Gasteiger partial charge in [0.05, 0.1) is 41.1 Å². The minimum Gasteiger partial charge on any atom is -0.473 e. The number of aliphatic hydroxyl groups excluding tert-OH is 1. The van der Waals surface area contributed by atoms with Gasteiger partial charge in [0.2, 0.25) is 5.88 Å². The highest BCUT2D eigenvalue weighted by Crippen LogP contribution is 2.35. The lowest BCUT2D eigenvalue weighted by molar-refractivity contribution is 0.0531. The van der Waals surface area contributed by atoms with Gasteiger partial charge in [-0.05, 0) is 17.2 Å². The van der Waals surface area contributed by atoms with Crippen molar-refractivity contribution < 1.29 is 14.6 Å². The molecule has 1 aliphatic rings. The highest BCUT2D eigenvalue weighted by Gasteiger charge is 2.28. The van der Waals surface area contributed by atoms with Gasteiger partial charge in [0, 0.05) is 25.2 Å². The maximum absolute atomic E-state index is 9.32. The molecule has 3 heterocycles. The molecule has 1 aliphatic heterocycles. The van der Waals surface area contributed by atoms with Crippen molar-refractivity contribution in [1.29, 1.82) is 0 Å². The molecule has 0 spiro atoms. The summed E-state index contributed by atoms with van der Waals surface area (Å²) in [5.74, 6) is 0.572. The average Bonchev–Trinajstić information content (AvgIpc) is 3.44. The van der Waals surface area contributed by atoms with Gasteiger partial charge in [-0.2, -0.15) is 0 Å². The number of benzene rings is 2. The molecule has 33 heavy (non-hydrogen) atoms. The van der Waals surface area contributed by atoms with Crippen molar-refractivity contribution >= 4 is 28.8 Å². The van der Waals surface area contributed by atoms with E-state index in [1.807, 2.05) is 36.4 Å². The molecule has 0 saturated carbocycles. The van der Waals surface area contributed by atoms with Gasteiger partial charge in [-0.3, -0.25) is 4.99 Å². The van der Waals surface area contributed by atoms with Gasteiger partial charge in [0.1, 0.15) is 11.6 Å². The van der Waals surface area contributed by atoms with E-state index in [1.165, 1.54) is 0 Å². The van der Waals surface area contributed by atoms with Crippen LogP contribution in [0.3, 0.4) is 0 Å². The zero-order chi connectivity index (χ0) is 22.8. The van der Waals surface area contributed by atoms with Crippen LogP contribution < -0.4 is 4.74 Å². The lowest BCUT2D eigenvalue weighted by Gasteiger charge is -2.11. The number of pyridine rings is 1. The number of aromatic amines is 1. The minimum absolute atomic E-state index is 0.0145. The summed E-state index contributed by atoms with van der Waals surface area (Å²) < 4.78 is 11.7. The Morgan fingerprint density at radius 2 is 1.88 bits per heavy atom. The first-order chi connectivity index (χ1) is 16.2. The molecule has 2 aromatic heterocycles. The molecule has 4 aromatic rings. The molecule has 5 rings (SSSR count). The standard InChI is InChI=1S/C26H24ClN3O3/c1-28-13-21-25-23(29-26(21)33-20-11-19(14-31)32-15-20)12-22(27)24(30-25)18-9-7-17(8-10-18)16-5-3-2-4-6-16/h2-10,12-13,19-20,29,31H,11,14-15H2,1H3/t19-,20-/m0/s1. The summed E-state index contributed by atoms with van der Waals surface area (Å²) in [7, 11) is 1.71. The Bertz CT molecular complexity index is 1290. The zero-order valence-electron chi connectivity index (χ0n) is 18.2. The summed E-state index contributed by atoms with van der Waals surface area (Å²) in [6, 6.07) is 20.3. The average molecular weight is 462 g/mol. The topological polar surface area (TPSA) is 79.7 Å². The highest BCUT2D eigenvalue weighted by atomic mass is 35.5. The monoisotopic (exact) mass is 461 g/mol. The van der Waals surface area contributed by atoms with Crippen molar-refractivity contribution in [2.45, 2.75) is 18.6 Å². The molecule has 0 radical (unpaired) electrons. The zero-order valence-corrected chi connectivity index (χ0v) is 18.9. The van der Waals surface area contributed by atoms with Gasteiger partial charge in [-0.1, -0.05) is 66.2 Å². The van der Waals surface area contributed by atoms with Gasteiger partial charge in [-0.15, -0.1) is 0 Å². The quantitative estimate of drug-likeness (QED) is 0.390. The number of rotatable bonds is 6. The van der Waals surface area contributed by atoms with Gasteiger partial charge < -0.3 is 19.6 Å². The number of aromatic nitrogens is 2. The number of fused-ring (bicyclic) bond motifs is 1. The van der Waals surface area contributed by atoms with E-state index in [-0.39, 0.29) is 18.8 Å². The minimum atomic E-state index is -0.194. The van der Waals surface area contributed by atoms with Gasteiger partial charge >= 0.3 is 0 Å². The highest BCUT2D eigenvalue weighted by molar-refractivity contribution is 6.33. The summed E-state index contributed by atoms with van der Waals surface area (Å²) in [6.45, 7) is 0.413. The lowest BCUT2D eigenvalue weighted by atomic mass is 10.0. The first-order valence-electron chi connectivity index (χ1n) is 10.9. The van der Waals surface area contributed by atoms with E-state index in [9.17, 15) is 5.11 Å². The number of aliphatic hydroxyl groups is 1. The van der Waals surface area contributed by atoms with E-state index in [0.717, 1.165) is 33.3 Å². The second-order valence-electron chi connectivity index (χ2n) is 8.03. The van der Waals surface area contributed by atoms with Crippen molar-refractivity contribution in [3.63, 3.8) is 0 Å². The van der Waals surface area contributed by atoms with Crippen molar-refractivity contribution in [3.8, 4) is 28.3 Å². The summed E-state index contributed by atoms with van der Waals surface area (Å²) in [4.78, 5) is 12.4. The van der Waals surface area contributed by atoms with Crippen molar-refractivity contribution in [3.05, 3.63) is 71.2 Å². The summed E-state index contributed by atoms with van der Waals surface area (Å²) >= 11 is 6.64. The molecule has 1 saturated heterocycles. The molecule has 0 unspecified atom stereocenters. The van der Waals surface area contributed by atoms with E-state index >= 15 is 0 Å². The van der Waals surface area contributed by atoms with Crippen LogP contribution in [0, 0.1) is 0 Å². The molecule has 0 bridgehead atoms. The predicted octanol–water partition coefficient (Wildman–Crippen LogP) is 5.13. The van der Waals surface area contributed by atoms with Crippen LogP contribution in [0.5, 0.6) is 5.88 Å². The second-order valence-corrected chi connectivity index (χ2v) is 8.43. The Kier molecular flexibility index (Phi) is 6.13. The van der Waals surface area contributed by atoms with Gasteiger partial charge in [0.15, 0.2) is 0 Å². The third-order valence-corrected chi connectivity index (χ3v) is 6.07. The molecule has 2 N–H and O–H groups in total. The van der Waals surface area contributed by atoms with Crippen LogP contribution in [0.2, 0.25) is 5.02 Å². The number of nitrogens with zero attached hydrogens (tertiary/aromatic N) is 2. The number of nitrogens with one attached hydrogen (secondary N) is 1. The summed E-state index contributed by atoms with van der Waals surface area (Å²) in [5, 5.41) is 9.87. The fraction of sp³-hybridized carbons (Fsp3) is 0.231. The molecule has 2 aromatic carbocycles. The fourth-order valence-electron chi connectivity index (χ4n) is 4.13. The Labute approximate surface area is 196 Å². The largest absolute Gasteiger partial charge is 0.473 e. The molecule has 1 fully saturated rings. The van der Waals surface area contributed by atoms with Gasteiger partial charge in [-0.25, -0.2) is 4.98 Å². The third kappa shape index (κ3) is 4.37. The predicted molar refractivity (Wildman–Crippen MR) is 131 cm³/mol. The Morgan fingerprint density at radius 3 is 2.58 bits per heavy atom. The smallest absolute Gasteiger partial charge is 0.202 e. The molecule has 168 valence electrons. The molecule has 0 amide bonds. The van der Waals surface area contributed by atoms with Crippen LogP contribution in [0.4, 0.5) is 0 Å².